The zero-order valence-electron chi connectivity index (χ0n) is 25.6. The number of ether oxygens (including phenoxy) is 2. The first kappa shape index (κ1) is 37.9. The summed E-state index contributed by atoms with van der Waals surface area (Å²) in [7, 11) is -4.33. The Kier molecular flexibility index (Phi) is 24.7. The predicted molar refractivity (Wildman–Crippen MR) is 163 cm³/mol. The van der Waals surface area contributed by atoms with E-state index in [2.05, 4.69) is 13.8 Å². The Balaban J connectivity index is 5.00. The van der Waals surface area contributed by atoms with E-state index in [0.29, 0.717) is 6.42 Å². The number of carbonyl (C=O) groups excluding carboxylic acids is 1. The summed E-state index contributed by atoms with van der Waals surface area (Å²) in [5.41, 5.74) is 0. The molecule has 6 nitrogen and oxygen atoms in total. The van der Waals surface area contributed by atoms with Gasteiger partial charge in [0, 0.05) is 5.25 Å². The Bertz CT molecular complexity index is 603. The van der Waals surface area contributed by atoms with Crippen molar-refractivity contribution in [2.45, 2.75) is 174 Å². The minimum atomic E-state index is -4.33. The lowest BCUT2D eigenvalue weighted by molar-refractivity contribution is -0.159. The third-order valence-corrected chi connectivity index (χ3v) is 9.67. The van der Waals surface area contributed by atoms with Crippen molar-refractivity contribution in [2.75, 3.05) is 12.4 Å². The van der Waals surface area contributed by atoms with E-state index in [4.69, 9.17) is 14.0 Å². The van der Waals surface area contributed by atoms with Crippen molar-refractivity contribution in [1.82, 2.24) is 0 Å². The van der Waals surface area contributed by atoms with E-state index >= 15 is 0 Å². The van der Waals surface area contributed by atoms with Crippen LogP contribution >= 0.6 is 19.4 Å². The van der Waals surface area contributed by atoms with Crippen LogP contribution < -0.4 is 0 Å². The number of hydrogen-bond acceptors (Lipinski definition) is 6. The average molecular weight is 581 g/mol. The minimum Gasteiger partial charge on any atom is -0.461 e. The second-order valence-corrected chi connectivity index (χ2v) is 14.1. The molecule has 0 radical (unpaired) electrons. The zero-order valence-corrected chi connectivity index (χ0v) is 27.3. The maximum Gasteiger partial charge on any atom is 0.368 e. The number of unbranched alkanes of at least 4 members (excludes halogenated alkanes) is 13. The van der Waals surface area contributed by atoms with Crippen molar-refractivity contribution in [3.8, 4) is 0 Å². The molecule has 4 unspecified atom stereocenters. The van der Waals surface area contributed by atoms with Crippen molar-refractivity contribution in [1.29, 1.82) is 0 Å². The van der Waals surface area contributed by atoms with Gasteiger partial charge in [-0.3, -0.25) is 4.57 Å². The van der Waals surface area contributed by atoms with E-state index in [1.54, 1.807) is 13.8 Å². The van der Waals surface area contributed by atoms with Gasteiger partial charge in [-0.25, -0.2) is 4.79 Å². The van der Waals surface area contributed by atoms with E-state index in [9.17, 15) is 14.3 Å². The van der Waals surface area contributed by atoms with Crippen molar-refractivity contribution < 1.29 is 28.3 Å². The lowest BCUT2D eigenvalue weighted by Gasteiger charge is -2.29. The topological polar surface area (TPSA) is 82.1 Å². The molecule has 0 bridgehead atoms. The Morgan fingerprint density at radius 2 is 1.26 bits per heavy atom. The normalized spacial score (nSPS) is 15.8. The number of carbonyl (C=O) groups is 1. The van der Waals surface area contributed by atoms with Crippen molar-refractivity contribution in [3.63, 3.8) is 0 Å². The van der Waals surface area contributed by atoms with Crippen LogP contribution in [0.5, 0.6) is 0 Å². The highest BCUT2D eigenvalue weighted by molar-refractivity contribution is 7.99. The highest BCUT2D eigenvalue weighted by atomic mass is 32.2. The van der Waals surface area contributed by atoms with Crippen LogP contribution in [0.2, 0.25) is 0 Å². The molecule has 0 rings (SSSR count). The first-order chi connectivity index (χ1) is 18.2. The van der Waals surface area contributed by atoms with Crippen LogP contribution in [-0.4, -0.2) is 46.5 Å². The van der Waals surface area contributed by atoms with Gasteiger partial charge in [-0.2, -0.15) is 11.8 Å². The highest BCUT2D eigenvalue weighted by Gasteiger charge is 2.43. The molecule has 228 valence electrons. The quantitative estimate of drug-likeness (QED) is 0.0588. The molecule has 0 saturated heterocycles. The molecule has 0 aliphatic heterocycles. The lowest BCUT2D eigenvalue weighted by Crippen LogP contribution is -2.36. The fraction of sp³-hybridized carbons (Fsp3) is 0.967. The van der Waals surface area contributed by atoms with E-state index < -0.39 is 25.5 Å². The van der Waals surface area contributed by atoms with Gasteiger partial charge in [0.2, 0.25) is 0 Å². The number of hydrogen-bond donors (Lipinski definition) is 1. The molecule has 0 spiro atoms. The van der Waals surface area contributed by atoms with Crippen LogP contribution in [0, 0.1) is 0 Å². The van der Waals surface area contributed by atoms with Crippen LogP contribution in [0.3, 0.4) is 0 Å². The number of thioether (sulfide) groups is 1. The molecule has 38 heavy (non-hydrogen) atoms. The Morgan fingerprint density at radius 3 is 1.76 bits per heavy atom. The molecule has 0 saturated carbocycles. The minimum absolute atomic E-state index is 0.0888. The second-order valence-electron chi connectivity index (χ2n) is 10.9. The molecule has 0 aliphatic carbocycles. The molecular weight excluding hydrogens is 519 g/mol. The molecular formula is C30H61O6PS. The van der Waals surface area contributed by atoms with Crippen LogP contribution in [-0.2, 0) is 23.4 Å². The molecule has 0 aromatic heterocycles. The lowest BCUT2D eigenvalue weighted by atomic mass is 10.1. The van der Waals surface area contributed by atoms with E-state index in [0.717, 1.165) is 25.0 Å². The standard InChI is InChI=1S/C30H61O6PS/c1-7-10-12-14-16-17-18-20-22-25-38-28(23-21-19-15-13-11-8-2)27(6)36-30(29(31)35-26(4)5)37(32,33)34-24-9-3/h26-28,30H,7-25H2,1-6H3,(H,32,33). The van der Waals surface area contributed by atoms with Gasteiger partial charge < -0.3 is 18.9 Å². The summed E-state index contributed by atoms with van der Waals surface area (Å²) in [5.74, 6) is -1.41. The van der Waals surface area contributed by atoms with Gasteiger partial charge in [0.25, 0.3) is 5.85 Å². The Labute approximate surface area is 239 Å². The first-order valence-corrected chi connectivity index (χ1v) is 18.3. The molecule has 0 fully saturated rings. The third-order valence-electron chi connectivity index (χ3n) is 6.62. The molecule has 0 aliphatic rings. The second kappa shape index (κ2) is 24.7. The number of rotatable bonds is 27. The van der Waals surface area contributed by atoms with Crippen LogP contribution in [0.4, 0.5) is 0 Å². The van der Waals surface area contributed by atoms with Crippen LogP contribution in [0.15, 0.2) is 0 Å². The van der Waals surface area contributed by atoms with Crippen molar-refractivity contribution in [2.24, 2.45) is 0 Å². The predicted octanol–water partition coefficient (Wildman–Crippen LogP) is 9.66. The van der Waals surface area contributed by atoms with Gasteiger partial charge in [0.15, 0.2) is 0 Å². The zero-order chi connectivity index (χ0) is 28.7. The summed E-state index contributed by atoms with van der Waals surface area (Å²) < 4.78 is 29.5. The SMILES string of the molecule is CCCCCCCCCCCSC(CCCCCCCC)C(C)OC(C(=O)OC(C)C)P(=O)(O)OCCC. The van der Waals surface area contributed by atoms with Gasteiger partial charge >= 0.3 is 13.6 Å². The summed E-state index contributed by atoms with van der Waals surface area (Å²) in [5, 5.41) is 0.149. The fourth-order valence-corrected chi connectivity index (χ4v) is 6.96. The molecule has 8 heteroatoms. The smallest absolute Gasteiger partial charge is 0.368 e. The Morgan fingerprint density at radius 1 is 0.763 bits per heavy atom. The summed E-state index contributed by atoms with van der Waals surface area (Å²) in [4.78, 5) is 23.3. The molecule has 0 heterocycles. The van der Waals surface area contributed by atoms with Crippen molar-refractivity contribution >= 4 is 25.3 Å². The highest BCUT2D eigenvalue weighted by Crippen LogP contribution is 2.49. The third kappa shape index (κ3) is 19.9. The van der Waals surface area contributed by atoms with E-state index in [1.807, 2.05) is 25.6 Å². The summed E-state index contributed by atoms with van der Waals surface area (Å²) >= 11 is 1.88. The monoisotopic (exact) mass is 580 g/mol. The largest absolute Gasteiger partial charge is 0.461 e. The van der Waals surface area contributed by atoms with Gasteiger partial charge in [0.05, 0.1) is 18.8 Å². The first-order valence-electron chi connectivity index (χ1n) is 15.6. The molecule has 0 amide bonds. The van der Waals surface area contributed by atoms with Gasteiger partial charge in [-0.05, 0) is 45.8 Å². The maximum atomic E-state index is 13.0. The summed E-state index contributed by atoms with van der Waals surface area (Å²) in [6.07, 6.45) is 19.7. The van der Waals surface area contributed by atoms with Crippen LogP contribution in [0.1, 0.15) is 151 Å². The van der Waals surface area contributed by atoms with E-state index in [1.165, 1.54) is 83.5 Å². The average Bonchev–Trinajstić information content (AvgIpc) is 2.87. The molecule has 0 aromatic rings. The van der Waals surface area contributed by atoms with Gasteiger partial charge in [-0.1, -0.05) is 111 Å². The Hall–Kier alpha value is -0.0700. The van der Waals surface area contributed by atoms with Crippen LogP contribution in [0.25, 0.3) is 0 Å². The summed E-state index contributed by atoms with van der Waals surface area (Å²) in [6.45, 7) is 11.8. The van der Waals surface area contributed by atoms with E-state index in [-0.39, 0.29) is 18.0 Å². The summed E-state index contributed by atoms with van der Waals surface area (Å²) in [6, 6.07) is 0. The maximum absolute atomic E-state index is 13.0. The van der Waals surface area contributed by atoms with Gasteiger partial charge in [-0.15, -0.1) is 0 Å². The van der Waals surface area contributed by atoms with Crippen molar-refractivity contribution in [3.05, 3.63) is 0 Å². The number of esters is 1. The molecule has 0 aromatic carbocycles. The molecule has 4 atom stereocenters. The van der Waals surface area contributed by atoms with Gasteiger partial charge in [0.1, 0.15) is 0 Å². The molecule has 1 N–H and O–H groups in total. The fourth-order valence-electron chi connectivity index (χ4n) is 4.36.